The van der Waals surface area contributed by atoms with Crippen LogP contribution in [-0.4, -0.2) is 40.8 Å². The van der Waals surface area contributed by atoms with Crippen molar-refractivity contribution < 1.29 is 9.26 Å². The third-order valence-electron chi connectivity index (χ3n) is 3.49. The molecule has 1 saturated carbocycles. The van der Waals surface area contributed by atoms with Crippen molar-refractivity contribution in [2.24, 2.45) is 5.92 Å². The molecule has 0 bridgehead atoms. The van der Waals surface area contributed by atoms with E-state index >= 15 is 0 Å². The number of aromatic nitrogens is 2. The van der Waals surface area contributed by atoms with Gasteiger partial charge < -0.3 is 9.26 Å². The van der Waals surface area contributed by atoms with Crippen molar-refractivity contribution in [3.63, 3.8) is 0 Å². The van der Waals surface area contributed by atoms with Gasteiger partial charge in [0.1, 0.15) is 0 Å². The molecule has 1 aromatic heterocycles. The van der Waals surface area contributed by atoms with Gasteiger partial charge in [-0.1, -0.05) is 5.16 Å². The van der Waals surface area contributed by atoms with Crippen molar-refractivity contribution in [3.05, 3.63) is 11.7 Å². The summed E-state index contributed by atoms with van der Waals surface area (Å²) in [5, 5.41) is 3.84. The van der Waals surface area contributed by atoms with Crippen LogP contribution in [0.15, 0.2) is 4.52 Å². The van der Waals surface area contributed by atoms with Crippen molar-refractivity contribution in [1.29, 1.82) is 0 Å². The molecule has 1 saturated heterocycles. The molecule has 3 rings (SSSR count). The van der Waals surface area contributed by atoms with Gasteiger partial charge >= 0.3 is 0 Å². The Labute approximate surface area is 101 Å². The molecule has 2 heterocycles. The maximum Gasteiger partial charge on any atom is 0.240 e. The highest BCUT2D eigenvalue weighted by atomic mass is 16.5. The van der Waals surface area contributed by atoms with Crippen LogP contribution in [0.2, 0.25) is 0 Å². The van der Waals surface area contributed by atoms with Crippen LogP contribution in [0.5, 0.6) is 0 Å². The first-order chi connectivity index (χ1) is 8.31. The standard InChI is InChI=1S/C12H19N3O2/c1-9-13-12(17-14-9)7-15(11-2-3-11)6-10-4-5-16-8-10/h10-11H,2-8H2,1H3/t10-/m0/s1. The van der Waals surface area contributed by atoms with Gasteiger partial charge in [0.25, 0.3) is 0 Å². The molecule has 94 valence electrons. The van der Waals surface area contributed by atoms with Crippen LogP contribution < -0.4 is 0 Å². The van der Waals surface area contributed by atoms with Crippen molar-refractivity contribution in [3.8, 4) is 0 Å². The normalized spacial score (nSPS) is 24.7. The molecule has 5 heteroatoms. The molecular weight excluding hydrogens is 218 g/mol. The van der Waals surface area contributed by atoms with Crippen LogP contribution in [0, 0.1) is 12.8 Å². The molecule has 1 atom stereocenters. The number of hydrogen-bond donors (Lipinski definition) is 0. The van der Waals surface area contributed by atoms with Gasteiger partial charge in [-0.3, -0.25) is 4.90 Å². The molecule has 2 fully saturated rings. The smallest absolute Gasteiger partial charge is 0.240 e. The van der Waals surface area contributed by atoms with E-state index in [1.54, 1.807) is 0 Å². The van der Waals surface area contributed by atoms with Gasteiger partial charge in [0.15, 0.2) is 5.82 Å². The van der Waals surface area contributed by atoms with Gasteiger partial charge in [-0.2, -0.15) is 4.98 Å². The third kappa shape index (κ3) is 2.84. The van der Waals surface area contributed by atoms with E-state index in [2.05, 4.69) is 15.0 Å². The van der Waals surface area contributed by atoms with Gasteiger partial charge in [0.2, 0.25) is 5.89 Å². The summed E-state index contributed by atoms with van der Waals surface area (Å²) in [5.41, 5.74) is 0. The zero-order valence-electron chi connectivity index (χ0n) is 10.3. The van der Waals surface area contributed by atoms with E-state index in [1.807, 2.05) is 6.92 Å². The molecule has 1 aliphatic carbocycles. The second kappa shape index (κ2) is 4.74. The Morgan fingerprint density at radius 3 is 2.82 bits per heavy atom. The van der Waals surface area contributed by atoms with Crippen LogP contribution in [0.3, 0.4) is 0 Å². The molecule has 0 aromatic carbocycles. The summed E-state index contributed by atoms with van der Waals surface area (Å²) >= 11 is 0. The Morgan fingerprint density at radius 2 is 2.24 bits per heavy atom. The van der Waals surface area contributed by atoms with Crippen LogP contribution >= 0.6 is 0 Å². The Hall–Kier alpha value is -0.940. The molecule has 0 radical (unpaired) electrons. The first-order valence-electron chi connectivity index (χ1n) is 6.42. The summed E-state index contributed by atoms with van der Waals surface area (Å²) in [6.07, 6.45) is 3.80. The maximum atomic E-state index is 5.43. The molecule has 17 heavy (non-hydrogen) atoms. The molecular formula is C12H19N3O2. The SMILES string of the molecule is Cc1noc(CN(C[C@@H]2CCOC2)C2CC2)n1. The molecule has 5 nitrogen and oxygen atoms in total. The fourth-order valence-electron chi connectivity index (χ4n) is 2.42. The molecule has 2 aliphatic rings. The summed E-state index contributed by atoms with van der Waals surface area (Å²) in [5.74, 6) is 2.15. The summed E-state index contributed by atoms with van der Waals surface area (Å²) in [4.78, 5) is 6.76. The highest BCUT2D eigenvalue weighted by Crippen LogP contribution is 2.30. The highest BCUT2D eigenvalue weighted by molar-refractivity contribution is 4.90. The van der Waals surface area contributed by atoms with Gasteiger partial charge in [0, 0.05) is 19.2 Å². The largest absolute Gasteiger partial charge is 0.381 e. The number of ether oxygens (including phenoxy) is 1. The summed E-state index contributed by atoms with van der Waals surface area (Å²) in [6, 6.07) is 0.725. The van der Waals surface area contributed by atoms with Gasteiger partial charge in [-0.15, -0.1) is 0 Å². The summed E-state index contributed by atoms with van der Waals surface area (Å²) in [6.45, 7) is 5.59. The van der Waals surface area contributed by atoms with Crippen LogP contribution in [0.1, 0.15) is 31.0 Å². The Balaban J connectivity index is 1.59. The van der Waals surface area contributed by atoms with E-state index in [1.165, 1.54) is 19.3 Å². The number of aryl methyl sites for hydroxylation is 1. The average Bonchev–Trinajstić information content (AvgIpc) is 2.89. The van der Waals surface area contributed by atoms with Crippen molar-refractivity contribution in [2.45, 2.75) is 38.8 Å². The molecule has 0 unspecified atom stereocenters. The first-order valence-corrected chi connectivity index (χ1v) is 6.42. The second-order valence-corrected chi connectivity index (χ2v) is 5.13. The minimum absolute atomic E-state index is 0.680. The maximum absolute atomic E-state index is 5.43. The monoisotopic (exact) mass is 237 g/mol. The minimum Gasteiger partial charge on any atom is -0.381 e. The lowest BCUT2D eigenvalue weighted by molar-refractivity contribution is 0.153. The van der Waals surface area contributed by atoms with E-state index in [0.29, 0.717) is 5.92 Å². The topological polar surface area (TPSA) is 51.4 Å². The summed E-state index contributed by atoms with van der Waals surface area (Å²) < 4.78 is 10.6. The third-order valence-corrected chi connectivity index (χ3v) is 3.49. The Bertz CT molecular complexity index is 370. The second-order valence-electron chi connectivity index (χ2n) is 5.13. The van der Waals surface area contributed by atoms with Crippen molar-refractivity contribution >= 4 is 0 Å². The lowest BCUT2D eigenvalue weighted by atomic mass is 10.1. The van der Waals surface area contributed by atoms with E-state index in [-0.39, 0.29) is 0 Å². The lowest BCUT2D eigenvalue weighted by Crippen LogP contribution is -2.31. The van der Waals surface area contributed by atoms with Crippen LogP contribution in [0.4, 0.5) is 0 Å². The molecule has 1 aromatic rings. The lowest BCUT2D eigenvalue weighted by Gasteiger charge is -2.22. The van der Waals surface area contributed by atoms with Gasteiger partial charge in [-0.25, -0.2) is 0 Å². The van der Waals surface area contributed by atoms with Gasteiger partial charge in [-0.05, 0) is 32.1 Å². The van der Waals surface area contributed by atoms with Crippen LogP contribution in [-0.2, 0) is 11.3 Å². The number of rotatable bonds is 5. The zero-order valence-corrected chi connectivity index (χ0v) is 10.3. The summed E-state index contributed by atoms with van der Waals surface area (Å²) in [7, 11) is 0. The molecule has 0 spiro atoms. The Morgan fingerprint density at radius 1 is 1.35 bits per heavy atom. The van der Waals surface area contributed by atoms with E-state index in [4.69, 9.17) is 9.26 Å². The van der Waals surface area contributed by atoms with Crippen molar-refractivity contribution in [1.82, 2.24) is 15.0 Å². The molecule has 0 N–H and O–H groups in total. The Kier molecular flexibility index (Phi) is 3.11. The minimum atomic E-state index is 0.680. The van der Waals surface area contributed by atoms with E-state index in [9.17, 15) is 0 Å². The van der Waals surface area contributed by atoms with E-state index in [0.717, 1.165) is 44.1 Å². The van der Waals surface area contributed by atoms with Crippen molar-refractivity contribution in [2.75, 3.05) is 19.8 Å². The fraction of sp³-hybridized carbons (Fsp3) is 0.833. The van der Waals surface area contributed by atoms with Gasteiger partial charge in [0.05, 0.1) is 13.2 Å². The highest BCUT2D eigenvalue weighted by Gasteiger charge is 2.32. The number of nitrogens with zero attached hydrogens (tertiary/aromatic N) is 3. The number of hydrogen-bond acceptors (Lipinski definition) is 5. The predicted octanol–water partition coefficient (Wildman–Crippen LogP) is 1.38. The zero-order chi connectivity index (χ0) is 11.7. The quantitative estimate of drug-likeness (QED) is 0.774. The van der Waals surface area contributed by atoms with E-state index < -0.39 is 0 Å². The van der Waals surface area contributed by atoms with Crippen LogP contribution in [0.25, 0.3) is 0 Å². The first kappa shape index (κ1) is 11.2. The fourth-order valence-corrected chi connectivity index (χ4v) is 2.42. The average molecular weight is 237 g/mol. The predicted molar refractivity (Wildman–Crippen MR) is 61.4 cm³/mol. The molecule has 0 amide bonds. The molecule has 1 aliphatic heterocycles.